The summed E-state index contributed by atoms with van der Waals surface area (Å²) in [5.74, 6) is -2.19. The van der Waals surface area contributed by atoms with E-state index in [1.807, 2.05) is 0 Å². The minimum absolute atomic E-state index is 0.111. The van der Waals surface area contributed by atoms with Gasteiger partial charge < -0.3 is 20.3 Å². The lowest BCUT2D eigenvalue weighted by atomic mass is 9.85. The number of hydrogen-bond acceptors (Lipinski definition) is 6. The molecule has 4 N–H and O–H groups in total. The predicted molar refractivity (Wildman–Crippen MR) is 110 cm³/mol. The fourth-order valence-electron chi connectivity index (χ4n) is 3.93. The lowest BCUT2D eigenvalue weighted by Gasteiger charge is -2.39. The Hall–Kier alpha value is -3.00. The Bertz CT molecular complexity index is 1040. The Morgan fingerprint density at radius 3 is 2.58 bits per heavy atom. The molecule has 0 saturated carbocycles. The number of carboxylic acid groups (broad SMARTS) is 1. The average molecular weight is 489 g/mol. The molecule has 33 heavy (non-hydrogen) atoms. The van der Waals surface area contributed by atoms with Crippen LogP contribution >= 0.6 is 0 Å². The van der Waals surface area contributed by atoms with E-state index in [0.717, 1.165) is 6.07 Å². The van der Waals surface area contributed by atoms with Gasteiger partial charge in [0.2, 0.25) is 22.1 Å². The number of aliphatic carboxylic acids is 1. The van der Waals surface area contributed by atoms with Gasteiger partial charge in [0.05, 0.1) is 5.56 Å². The molecule has 0 radical (unpaired) electrons. The van der Waals surface area contributed by atoms with Crippen molar-refractivity contribution in [3.05, 3.63) is 35.8 Å². The first-order valence-electron chi connectivity index (χ1n) is 9.98. The van der Waals surface area contributed by atoms with Gasteiger partial charge in [0.15, 0.2) is 0 Å². The maximum Gasteiger partial charge on any atom is 0.417 e. The van der Waals surface area contributed by atoms with Crippen LogP contribution in [0.2, 0.25) is 0 Å². The number of carboxylic acids is 1. The summed E-state index contributed by atoms with van der Waals surface area (Å²) >= 11 is -2.47. The van der Waals surface area contributed by atoms with Gasteiger partial charge in [0.25, 0.3) is 0 Å². The molecule has 1 saturated heterocycles. The van der Waals surface area contributed by atoms with Crippen molar-refractivity contribution < 1.29 is 36.6 Å². The normalized spacial score (nSPS) is 19.9. The number of carbonyl (C=O) groups is 2. The van der Waals surface area contributed by atoms with Crippen molar-refractivity contribution >= 4 is 28.8 Å². The highest BCUT2D eigenvalue weighted by atomic mass is 32.2. The molecule has 0 aliphatic carbocycles. The molecule has 3 atom stereocenters. The van der Waals surface area contributed by atoms with Crippen LogP contribution in [0, 0.1) is 0 Å². The number of nitrogens with zero attached hydrogens (tertiary/aromatic N) is 4. The second kappa shape index (κ2) is 9.87. The van der Waals surface area contributed by atoms with Crippen LogP contribution in [-0.2, 0) is 33.4 Å². The van der Waals surface area contributed by atoms with Crippen molar-refractivity contribution in [2.75, 3.05) is 11.4 Å². The smallest absolute Gasteiger partial charge is 0.417 e. The zero-order chi connectivity index (χ0) is 24.3. The monoisotopic (exact) mass is 489 g/mol. The molecule has 14 heteroatoms. The molecule has 2 unspecified atom stereocenters. The van der Waals surface area contributed by atoms with Crippen molar-refractivity contribution in [3.8, 4) is 0 Å². The number of halogens is 3. The third-order valence-electron chi connectivity index (χ3n) is 5.38. The van der Waals surface area contributed by atoms with E-state index >= 15 is 0 Å². The Morgan fingerprint density at radius 1 is 1.30 bits per heavy atom. The van der Waals surface area contributed by atoms with Crippen LogP contribution in [0.4, 0.5) is 19.0 Å². The number of nitrogens with two attached hydrogens (primary N) is 1. The summed E-state index contributed by atoms with van der Waals surface area (Å²) in [5, 5.41) is 8.60. The molecular weight excluding hydrogens is 467 g/mol. The van der Waals surface area contributed by atoms with Gasteiger partial charge >= 0.3 is 12.1 Å². The topological polar surface area (TPSA) is 152 Å². The Kier molecular flexibility index (Phi) is 7.37. The lowest BCUT2D eigenvalue weighted by Crippen LogP contribution is -2.52. The molecule has 180 valence electrons. The van der Waals surface area contributed by atoms with E-state index in [-0.39, 0.29) is 36.1 Å². The number of aryl methyl sites for hydroxylation is 1. The van der Waals surface area contributed by atoms with Gasteiger partial charge in [-0.3, -0.25) is 19.1 Å². The first-order valence-corrected chi connectivity index (χ1v) is 11.1. The van der Waals surface area contributed by atoms with Gasteiger partial charge in [-0.2, -0.15) is 13.2 Å². The SMILES string of the molecule is NC(=O)[C@H]1C(c2ccc(C(F)(F)F)cn2)CCCN1c1cn(CCCC(=O)O)c(S(=O)O)n1. The summed E-state index contributed by atoms with van der Waals surface area (Å²) in [5.41, 5.74) is 5.00. The van der Waals surface area contributed by atoms with Gasteiger partial charge in [-0.15, -0.1) is 0 Å². The summed E-state index contributed by atoms with van der Waals surface area (Å²) in [6.07, 6.45) is -1.38. The van der Waals surface area contributed by atoms with Crippen LogP contribution in [0.5, 0.6) is 0 Å². The standard InChI is InChI=1S/C19H22F3N5O5S/c20-19(21,22)11-5-6-13(24-9-11)12-3-1-8-27(16(12)17(23)30)14-10-26(7-2-4-15(28)29)18(25-14)33(31)32/h5-6,9-10,12,16H,1-4,7-8H2,(H2,23,30)(H,28,29)(H,31,32)/t12?,16-/m1/s1. The molecule has 0 spiro atoms. The number of anilines is 1. The first-order chi connectivity index (χ1) is 15.5. The largest absolute Gasteiger partial charge is 0.481 e. The van der Waals surface area contributed by atoms with Gasteiger partial charge in [-0.05, 0) is 31.4 Å². The van der Waals surface area contributed by atoms with E-state index in [0.29, 0.717) is 25.6 Å². The third kappa shape index (κ3) is 5.68. The Labute approximate surface area is 188 Å². The fraction of sp³-hybridized carbons (Fsp3) is 0.474. The number of carbonyl (C=O) groups excluding carboxylic acids is 1. The molecular formula is C19H22F3N5O5S. The molecule has 3 heterocycles. The van der Waals surface area contributed by atoms with Crippen LogP contribution in [-0.4, -0.2) is 52.9 Å². The number of imidazole rings is 1. The highest BCUT2D eigenvalue weighted by Crippen LogP contribution is 2.36. The second-order valence-corrected chi connectivity index (χ2v) is 8.44. The molecule has 2 aromatic rings. The summed E-state index contributed by atoms with van der Waals surface area (Å²) in [7, 11) is 0. The molecule has 3 rings (SSSR count). The van der Waals surface area contributed by atoms with Gasteiger partial charge in [0.1, 0.15) is 11.9 Å². The van der Waals surface area contributed by atoms with Crippen molar-refractivity contribution in [2.45, 2.75) is 55.5 Å². The minimum atomic E-state index is -4.54. The van der Waals surface area contributed by atoms with Gasteiger partial charge in [-0.1, -0.05) is 0 Å². The van der Waals surface area contributed by atoms with E-state index in [4.69, 9.17) is 10.8 Å². The van der Waals surface area contributed by atoms with Crippen LogP contribution in [0.1, 0.15) is 42.9 Å². The first kappa shape index (κ1) is 24.6. The molecule has 10 nitrogen and oxygen atoms in total. The Morgan fingerprint density at radius 2 is 2.03 bits per heavy atom. The number of amides is 1. The molecule has 1 aliphatic rings. The second-order valence-electron chi connectivity index (χ2n) is 7.58. The number of primary amides is 1. The van der Waals surface area contributed by atoms with Crippen LogP contribution in [0.3, 0.4) is 0 Å². The molecule has 2 aromatic heterocycles. The number of rotatable bonds is 8. The maximum absolute atomic E-state index is 12.9. The van der Waals surface area contributed by atoms with Crippen molar-refractivity contribution in [1.82, 2.24) is 14.5 Å². The van der Waals surface area contributed by atoms with Crippen molar-refractivity contribution in [1.29, 1.82) is 0 Å². The van der Waals surface area contributed by atoms with Crippen molar-refractivity contribution in [3.63, 3.8) is 0 Å². The molecule has 0 aromatic carbocycles. The fourth-order valence-corrected chi connectivity index (χ4v) is 4.45. The number of alkyl halides is 3. The van der Waals surface area contributed by atoms with E-state index < -0.39 is 46.7 Å². The number of piperidine rings is 1. The highest BCUT2D eigenvalue weighted by molar-refractivity contribution is 7.79. The zero-order valence-electron chi connectivity index (χ0n) is 17.2. The van der Waals surface area contributed by atoms with E-state index in [1.54, 1.807) is 4.90 Å². The molecule has 0 bridgehead atoms. The average Bonchev–Trinajstić information content (AvgIpc) is 3.16. The third-order valence-corrected chi connectivity index (χ3v) is 6.02. The van der Waals surface area contributed by atoms with Crippen molar-refractivity contribution in [2.24, 2.45) is 5.73 Å². The van der Waals surface area contributed by atoms with Crippen LogP contribution in [0.25, 0.3) is 0 Å². The van der Waals surface area contributed by atoms with Crippen LogP contribution < -0.4 is 10.6 Å². The number of pyridine rings is 1. The van der Waals surface area contributed by atoms with Gasteiger partial charge in [0, 0.05) is 43.5 Å². The van der Waals surface area contributed by atoms with E-state index in [2.05, 4.69) is 9.97 Å². The molecule has 1 amide bonds. The summed E-state index contributed by atoms with van der Waals surface area (Å²) in [4.78, 5) is 32.8. The lowest BCUT2D eigenvalue weighted by molar-refractivity contribution is -0.138. The Balaban J connectivity index is 1.91. The number of aromatic nitrogens is 3. The molecule has 1 aliphatic heterocycles. The quantitative estimate of drug-likeness (QED) is 0.476. The predicted octanol–water partition coefficient (Wildman–Crippen LogP) is 1.98. The van der Waals surface area contributed by atoms with E-state index in [1.165, 1.54) is 16.8 Å². The summed E-state index contributed by atoms with van der Waals surface area (Å²) < 4.78 is 61.3. The van der Waals surface area contributed by atoms with Crippen LogP contribution in [0.15, 0.2) is 29.7 Å². The minimum Gasteiger partial charge on any atom is -0.481 e. The highest BCUT2D eigenvalue weighted by Gasteiger charge is 2.39. The summed E-state index contributed by atoms with van der Waals surface area (Å²) in [6.45, 7) is 0.439. The van der Waals surface area contributed by atoms with Gasteiger partial charge in [-0.25, -0.2) is 9.19 Å². The molecule has 1 fully saturated rings. The van der Waals surface area contributed by atoms with E-state index in [9.17, 15) is 31.5 Å². The maximum atomic E-state index is 12.9. The number of hydrogen-bond donors (Lipinski definition) is 3. The zero-order valence-corrected chi connectivity index (χ0v) is 18.1. The summed E-state index contributed by atoms with van der Waals surface area (Å²) in [6, 6.07) is 1.11.